The Kier molecular flexibility index (Phi) is 8.69. The highest BCUT2D eigenvalue weighted by Crippen LogP contribution is 2.33. The molecule has 5 aromatic rings. The van der Waals surface area contributed by atoms with Crippen LogP contribution in [-0.2, 0) is 22.6 Å². The van der Waals surface area contributed by atoms with Gasteiger partial charge in [-0.1, -0.05) is 18.2 Å². The molecule has 0 bridgehead atoms. The van der Waals surface area contributed by atoms with Crippen molar-refractivity contribution in [2.45, 2.75) is 39.0 Å². The van der Waals surface area contributed by atoms with Gasteiger partial charge in [-0.15, -0.1) is 0 Å². The van der Waals surface area contributed by atoms with E-state index in [1.165, 1.54) is 38.3 Å². The van der Waals surface area contributed by atoms with Gasteiger partial charge < -0.3 is 24.0 Å². The average molecular weight is 645 g/mol. The number of amides is 1. The number of aryl methyl sites for hydroxylation is 1. The van der Waals surface area contributed by atoms with E-state index in [0.717, 1.165) is 17.7 Å². The number of hydrogen-bond acceptors (Lipinski definition) is 6. The monoisotopic (exact) mass is 644 g/mol. The maximum absolute atomic E-state index is 15.7. The van der Waals surface area contributed by atoms with Gasteiger partial charge >= 0.3 is 5.97 Å². The molecule has 1 amide bonds. The van der Waals surface area contributed by atoms with E-state index >= 15 is 8.78 Å². The number of rotatable bonds is 9. The lowest BCUT2D eigenvalue weighted by molar-refractivity contribution is -0.128. The molecule has 1 saturated heterocycles. The highest BCUT2D eigenvalue weighted by Gasteiger charge is 2.37. The second-order valence-corrected chi connectivity index (χ2v) is 11.5. The number of carbonyl (C=O) groups is 2. The number of halogens is 3. The van der Waals surface area contributed by atoms with Gasteiger partial charge in [0, 0.05) is 50.7 Å². The van der Waals surface area contributed by atoms with Crippen LogP contribution < -0.4 is 4.74 Å². The zero-order chi connectivity index (χ0) is 33.4. The first-order valence-corrected chi connectivity index (χ1v) is 14.9. The van der Waals surface area contributed by atoms with E-state index in [-0.39, 0.29) is 53.7 Å². The number of ether oxygens (including phenoxy) is 2. The normalized spacial score (nSPS) is 16.2. The first kappa shape index (κ1) is 31.7. The molecule has 242 valence electrons. The number of carboxylic acid groups (broad SMARTS) is 1. The van der Waals surface area contributed by atoms with Gasteiger partial charge in [-0.25, -0.2) is 27.9 Å². The molecule has 2 aromatic heterocycles. The fourth-order valence-electron chi connectivity index (χ4n) is 5.92. The summed E-state index contributed by atoms with van der Waals surface area (Å²) in [6.45, 7) is 3.70. The highest BCUT2D eigenvalue weighted by molar-refractivity contribution is 5.92. The van der Waals surface area contributed by atoms with Crippen molar-refractivity contribution in [1.82, 2.24) is 19.4 Å². The van der Waals surface area contributed by atoms with Crippen molar-refractivity contribution in [3.8, 4) is 17.1 Å². The van der Waals surface area contributed by atoms with E-state index in [1.807, 2.05) is 0 Å². The van der Waals surface area contributed by atoms with Crippen LogP contribution >= 0.6 is 0 Å². The number of pyridine rings is 1. The SMILES string of the molecule is CO[C@@H]1CN(C(C)=O)C[C@@H]1n1c(Cc2cc(F)c(-c3cccc(OCc4ccc(C)cc4F)n3)cc2F)nc2ccc(C(=O)O)cc21. The van der Waals surface area contributed by atoms with E-state index < -0.39 is 35.6 Å². The van der Waals surface area contributed by atoms with Gasteiger partial charge in [0.25, 0.3) is 0 Å². The van der Waals surface area contributed by atoms with Crippen molar-refractivity contribution in [2.75, 3.05) is 20.2 Å². The number of hydrogen-bond donors (Lipinski definition) is 1. The smallest absolute Gasteiger partial charge is 0.335 e. The van der Waals surface area contributed by atoms with Crippen molar-refractivity contribution in [2.24, 2.45) is 0 Å². The second kappa shape index (κ2) is 12.9. The predicted octanol–water partition coefficient (Wildman–Crippen LogP) is 6.11. The van der Waals surface area contributed by atoms with Crippen molar-refractivity contribution < 1.29 is 37.3 Å². The number of fused-ring (bicyclic) bond motifs is 1. The van der Waals surface area contributed by atoms with E-state index in [1.54, 1.807) is 46.7 Å². The average Bonchev–Trinajstić information content (AvgIpc) is 3.63. The standard InChI is InChI=1S/C35H31F3N4O5/c1-19-7-8-22(25(36)11-19)18-47-34-6-4-5-28(40-34)24-15-26(37)23(12-27(24)38)14-33-39-29-10-9-21(35(44)45)13-30(29)42(33)31-16-41(20(2)43)17-32(31)46-3/h4-13,15,31-32H,14,16-18H2,1-3H3,(H,44,45)/t31-,32+/m0/s1. The molecule has 0 aliphatic carbocycles. The third-order valence-corrected chi connectivity index (χ3v) is 8.39. The lowest BCUT2D eigenvalue weighted by Gasteiger charge is -2.22. The van der Waals surface area contributed by atoms with Crippen molar-refractivity contribution in [3.05, 3.63) is 112 Å². The number of methoxy groups -OCH3 is 1. The third-order valence-electron chi connectivity index (χ3n) is 8.39. The number of imidazole rings is 1. The van der Waals surface area contributed by atoms with E-state index in [9.17, 15) is 19.1 Å². The number of aromatic carboxylic acids is 1. The molecule has 1 fully saturated rings. The second-order valence-electron chi connectivity index (χ2n) is 11.5. The van der Waals surface area contributed by atoms with Crippen molar-refractivity contribution >= 4 is 22.9 Å². The van der Waals surface area contributed by atoms with E-state index in [4.69, 9.17) is 9.47 Å². The van der Waals surface area contributed by atoms with Crippen LogP contribution in [0.4, 0.5) is 13.2 Å². The van der Waals surface area contributed by atoms with Gasteiger partial charge in [0.05, 0.1) is 34.4 Å². The molecular weight excluding hydrogens is 613 g/mol. The molecule has 47 heavy (non-hydrogen) atoms. The minimum absolute atomic E-state index is 0.0129. The fraction of sp³-hybridized carbons (Fsp3) is 0.257. The summed E-state index contributed by atoms with van der Waals surface area (Å²) in [4.78, 5) is 34.6. The lowest BCUT2D eigenvalue weighted by atomic mass is 10.0. The van der Waals surface area contributed by atoms with Gasteiger partial charge in [0.2, 0.25) is 11.8 Å². The van der Waals surface area contributed by atoms with Crippen LogP contribution in [-0.4, -0.2) is 62.7 Å². The van der Waals surface area contributed by atoms with E-state index in [2.05, 4.69) is 9.97 Å². The summed E-state index contributed by atoms with van der Waals surface area (Å²) < 4.78 is 58.8. The third kappa shape index (κ3) is 6.41. The topological polar surface area (TPSA) is 107 Å². The Balaban J connectivity index is 1.32. The Hall–Kier alpha value is -5.23. The van der Waals surface area contributed by atoms with Crippen LogP contribution in [0.1, 0.15) is 45.8 Å². The Morgan fingerprint density at radius 1 is 0.936 bits per heavy atom. The van der Waals surface area contributed by atoms with Crippen molar-refractivity contribution in [3.63, 3.8) is 0 Å². The minimum atomic E-state index is -1.13. The maximum atomic E-state index is 15.7. The zero-order valence-corrected chi connectivity index (χ0v) is 25.8. The van der Waals surface area contributed by atoms with Gasteiger partial charge in [-0.2, -0.15) is 0 Å². The number of aromatic nitrogens is 3. The Bertz CT molecular complexity index is 2010. The van der Waals surface area contributed by atoms with Crippen LogP contribution in [0.3, 0.4) is 0 Å². The maximum Gasteiger partial charge on any atom is 0.335 e. The summed E-state index contributed by atoms with van der Waals surface area (Å²) in [5.41, 5.74) is 2.12. The molecule has 3 aromatic carbocycles. The number of benzene rings is 3. The van der Waals surface area contributed by atoms with Gasteiger partial charge in [0.15, 0.2) is 0 Å². The molecule has 9 nitrogen and oxygen atoms in total. The number of nitrogens with zero attached hydrogens (tertiary/aromatic N) is 4. The largest absolute Gasteiger partial charge is 0.478 e. The molecule has 0 spiro atoms. The van der Waals surface area contributed by atoms with Gasteiger partial charge in [-0.3, -0.25) is 4.79 Å². The van der Waals surface area contributed by atoms with Crippen LogP contribution in [0.15, 0.2) is 66.7 Å². The quantitative estimate of drug-likeness (QED) is 0.206. The van der Waals surface area contributed by atoms with Crippen LogP contribution in [0, 0.1) is 24.4 Å². The summed E-state index contributed by atoms with van der Waals surface area (Å²) in [5.74, 6) is -2.67. The van der Waals surface area contributed by atoms with Gasteiger partial charge in [0.1, 0.15) is 29.9 Å². The molecule has 0 radical (unpaired) electrons. The summed E-state index contributed by atoms with van der Waals surface area (Å²) in [6, 6.07) is 15.6. The Labute approximate surface area is 268 Å². The molecule has 1 aliphatic heterocycles. The first-order valence-electron chi connectivity index (χ1n) is 14.9. The Morgan fingerprint density at radius 2 is 1.72 bits per heavy atom. The lowest BCUT2D eigenvalue weighted by Crippen LogP contribution is -2.27. The van der Waals surface area contributed by atoms with Crippen molar-refractivity contribution in [1.29, 1.82) is 0 Å². The molecule has 6 rings (SSSR count). The van der Waals surface area contributed by atoms with Gasteiger partial charge in [-0.05, 0) is 60.5 Å². The molecule has 1 N–H and O–H groups in total. The molecule has 3 heterocycles. The summed E-state index contributed by atoms with van der Waals surface area (Å²) in [7, 11) is 1.52. The predicted molar refractivity (Wildman–Crippen MR) is 167 cm³/mol. The molecule has 2 atom stereocenters. The molecule has 1 aliphatic rings. The summed E-state index contributed by atoms with van der Waals surface area (Å²) in [5, 5.41) is 9.64. The highest BCUT2D eigenvalue weighted by atomic mass is 19.1. The molecule has 12 heteroatoms. The number of likely N-dealkylation sites (tertiary alicyclic amines) is 1. The molecular formula is C35H31F3N4O5. The van der Waals surface area contributed by atoms with Crippen LogP contribution in [0.5, 0.6) is 5.88 Å². The number of carboxylic acids is 1. The number of carbonyl (C=O) groups excluding carboxylic acids is 1. The Morgan fingerprint density at radius 3 is 2.45 bits per heavy atom. The first-order chi connectivity index (χ1) is 22.5. The summed E-state index contributed by atoms with van der Waals surface area (Å²) >= 11 is 0. The van der Waals surface area contributed by atoms with Crippen LogP contribution in [0.25, 0.3) is 22.3 Å². The zero-order valence-electron chi connectivity index (χ0n) is 25.8. The minimum Gasteiger partial charge on any atom is -0.478 e. The van der Waals surface area contributed by atoms with E-state index in [0.29, 0.717) is 29.0 Å². The molecule has 0 saturated carbocycles. The summed E-state index contributed by atoms with van der Waals surface area (Å²) in [6.07, 6.45) is -0.582. The fourth-order valence-corrected chi connectivity index (χ4v) is 5.92. The molecule has 0 unspecified atom stereocenters. The van der Waals surface area contributed by atoms with Crippen LogP contribution in [0.2, 0.25) is 0 Å².